The van der Waals surface area contributed by atoms with Gasteiger partial charge in [-0.3, -0.25) is 4.90 Å². The monoisotopic (exact) mass is 430 g/mol. The standard InChI is InChI=1S/C27H30N2O3/c1-31-25-17-9-8-15-23(25)19-28-24-16-10-18-29(26(24)22-13-6-3-7-14-22)27(30)32-20-21-11-4-2-5-12-21/h2-9,11-15,17,24,26,28H,10,16,18-20H2,1H3/t24-,26-/m0/s1. The summed E-state index contributed by atoms with van der Waals surface area (Å²) in [6, 6.07) is 28.1. The number of carbonyl (C=O) groups excluding carboxylic acids is 1. The molecule has 3 aromatic rings. The van der Waals surface area contributed by atoms with Crippen LogP contribution in [0.15, 0.2) is 84.9 Å². The number of likely N-dealkylation sites (tertiary alicyclic amines) is 1. The third kappa shape index (κ3) is 5.29. The van der Waals surface area contributed by atoms with Gasteiger partial charge in [0.2, 0.25) is 0 Å². The van der Waals surface area contributed by atoms with Crippen molar-refractivity contribution in [1.29, 1.82) is 0 Å². The highest BCUT2D eigenvalue weighted by Gasteiger charge is 2.36. The Kier molecular flexibility index (Phi) is 7.41. The molecule has 1 heterocycles. The number of hydrogen-bond acceptors (Lipinski definition) is 4. The molecule has 5 heteroatoms. The summed E-state index contributed by atoms with van der Waals surface area (Å²) in [5.74, 6) is 0.867. The van der Waals surface area contributed by atoms with Crippen LogP contribution in [0.3, 0.4) is 0 Å². The first-order chi connectivity index (χ1) is 15.8. The molecule has 2 atom stereocenters. The first-order valence-corrected chi connectivity index (χ1v) is 11.1. The van der Waals surface area contributed by atoms with Crippen LogP contribution in [0.4, 0.5) is 4.79 Å². The SMILES string of the molecule is COc1ccccc1CN[C@H]1CCCN(C(=O)OCc2ccccc2)[C@H]1c1ccccc1. The van der Waals surface area contributed by atoms with Gasteiger partial charge in [-0.25, -0.2) is 4.79 Å². The minimum absolute atomic E-state index is 0.0945. The van der Waals surface area contributed by atoms with Crippen molar-refractivity contribution >= 4 is 6.09 Å². The van der Waals surface area contributed by atoms with Crippen LogP contribution >= 0.6 is 0 Å². The van der Waals surface area contributed by atoms with Crippen LogP contribution in [0, 0.1) is 0 Å². The maximum absolute atomic E-state index is 13.1. The van der Waals surface area contributed by atoms with Crippen LogP contribution in [0.5, 0.6) is 5.75 Å². The van der Waals surface area contributed by atoms with Gasteiger partial charge < -0.3 is 14.8 Å². The van der Waals surface area contributed by atoms with Crippen LogP contribution in [0.1, 0.15) is 35.6 Å². The zero-order chi connectivity index (χ0) is 22.2. The van der Waals surface area contributed by atoms with Gasteiger partial charge in [0.05, 0.1) is 13.2 Å². The van der Waals surface area contributed by atoms with Gasteiger partial charge in [-0.15, -0.1) is 0 Å². The summed E-state index contributed by atoms with van der Waals surface area (Å²) in [6.07, 6.45) is 1.64. The Hall–Kier alpha value is -3.31. The predicted octanol–water partition coefficient (Wildman–Crippen LogP) is 5.33. The number of piperidine rings is 1. The van der Waals surface area contributed by atoms with E-state index in [-0.39, 0.29) is 24.8 Å². The van der Waals surface area contributed by atoms with Gasteiger partial charge in [-0.1, -0.05) is 78.9 Å². The number of hydrogen-bond donors (Lipinski definition) is 1. The van der Waals surface area contributed by atoms with E-state index in [1.807, 2.05) is 71.6 Å². The molecule has 1 N–H and O–H groups in total. The van der Waals surface area contributed by atoms with Crippen LogP contribution in [-0.4, -0.2) is 30.7 Å². The maximum Gasteiger partial charge on any atom is 0.410 e. The van der Waals surface area contributed by atoms with E-state index in [2.05, 4.69) is 23.5 Å². The largest absolute Gasteiger partial charge is 0.496 e. The smallest absolute Gasteiger partial charge is 0.410 e. The molecular formula is C27H30N2O3. The van der Waals surface area contributed by atoms with Crippen LogP contribution in [0.2, 0.25) is 0 Å². The quantitative estimate of drug-likeness (QED) is 0.551. The lowest BCUT2D eigenvalue weighted by Gasteiger charge is -2.41. The highest BCUT2D eigenvalue weighted by atomic mass is 16.6. The van der Waals surface area contributed by atoms with Gasteiger partial charge in [0.25, 0.3) is 0 Å². The second kappa shape index (κ2) is 10.8. The first-order valence-electron chi connectivity index (χ1n) is 11.1. The van der Waals surface area contributed by atoms with E-state index in [4.69, 9.17) is 9.47 Å². The summed E-state index contributed by atoms with van der Waals surface area (Å²) in [5, 5.41) is 3.69. The lowest BCUT2D eigenvalue weighted by atomic mass is 9.90. The van der Waals surface area contributed by atoms with Crippen LogP contribution < -0.4 is 10.1 Å². The number of nitrogens with zero attached hydrogens (tertiary/aromatic N) is 1. The lowest BCUT2D eigenvalue weighted by Crippen LogP contribution is -2.50. The molecule has 0 spiro atoms. The summed E-state index contributed by atoms with van der Waals surface area (Å²) < 4.78 is 11.2. The van der Waals surface area contributed by atoms with E-state index in [0.717, 1.165) is 35.3 Å². The maximum atomic E-state index is 13.1. The minimum atomic E-state index is -0.272. The summed E-state index contributed by atoms with van der Waals surface area (Å²) >= 11 is 0. The Labute approximate surface area is 190 Å². The minimum Gasteiger partial charge on any atom is -0.496 e. The fourth-order valence-electron chi connectivity index (χ4n) is 4.37. The zero-order valence-electron chi connectivity index (χ0n) is 18.4. The normalized spacial score (nSPS) is 18.2. The number of rotatable bonds is 7. The molecule has 1 fully saturated rings. The Morgan fingerprint density at radius 3 is 2.41 bits per heavy atom. The van der Waals surface area contributed by atoms with E-state index in [1.54, 1.807) is 7.11 Å². The lowest BCUT2D eigenvalue weighted by molar-refractivity contribution is 0.0560. The number of carbonyl (C=O) groups is 1. The number of benzene rings is 3. The van der Waals surface area contributed by atoms with Crippen molar-refractivity contribution in [2.45, 2.75) is 38.1 Å². The highest BCUT2D eigenvalue weighted by Crippen LogP contribution is 2.32. The van der Waals surface area contributed by atoms with Crippen molar-refractivity contribution < 1.29 is 14.3 Å². The van der Waals surface area contributed by atoms with E-state index < -0.39 is 0 Å². The number of nitrogens with one attached hydrogen (secondary N) is 1. The second-order valence-electron chi connectivity index (χ2n) is 8.03. The van der Waals surface area contributed by atoms with Crippen molar-refractivity contribution in [2.75, 3.05) is 13.7 Å². The van der Waals surface area contributed by atoms with E-state index >= 15 is 0 Å². The molecule has 4 rings (SSSR count). The van der Waals surface area contributed by atoms with Crippen LogP contribution in [0.25, 0.3) is 0 Å². The third-order valence-electron chi connectivity index (χ3n) is 5.96. The summed E-state index contributed by atoms with van der Waals surface area (Å²) in [4.78, 5) is 15.0. The molecule has 0 bridgehead atoms. The molecule has 0 saturated carbocycles. The van der Waals surface area contributed by atoms with E-state index in [9.17, 15) is 4.79 Å². The summed E-state index contributed by atoms with van der Waals surface area (Å²) in [7, 11) is 1.69. The fourth-order valence-corrected chi connectivity index (χ4v) is 4.37. The molecule has 1 aliphatic heterocycles. The predicted molar refractivity (Wildman–Crippen MR) is 125 cm³/mol. The topological polar surface area (TPSA) is 50.8 Å². The van der Waals surface area contributed by atoms with Gasteiger partial charge in [0.15, 0.2) is 0 Å². The molecule has 1 amide bonds. The summed E-state index contributed by atoms with van der Waals surface area (Å²) in [6.45, 7) is 1.63. The average molecular weight is 431 g/mol. The molecule has 0 radical (unpaired) electrons. The van der Waals surface area contributed by atoms with E-state index in [1.165, 1.54) is 0 Å². The summed E-state index contributed by atoms with van der Waals surface area (Å²) in [5.41, 5.74) is 3.20. The van der Waals surface area contributed by atoms with Crippen molar-refractivity contribution in [1.82, 2.24) is 10.2 Å². The van der Waals surface area contributed by atoms with Gasteiger partial charge in [0.1, 0.15) is 12.4 Å². The van der Waals surface area contributed by atoms with Crippen molar-refractivity contribution in [3.8, 4) is 5.75 Å². The Balaban J connectivity index is 1.51. The van der Waals surface area contributed by atoms with Crippen molar-refractivity contribution in [3.63, 3.8) is 0 Å². The highest BCUT2D eigenvalue weighted by molar-refractivity contribution is 5.68. The number of amides is 1. The number of para-hydroxylation sites is 1. The van der Waals surface area contributed by atoms with Gasteiger partial charge >= 0.3 is 6.09 Å². The molecule has 0 unspecified atom stereocenters. The Morgan fingerprint density at radius 1 is 0.969 bits per heavy atom. The van der Waals surface area contributed by atoms with E-state index in [0.29, 0.717) is 13.1 Å². The molecule has 0 aliphatic carbocycles. The molecular weight excluding hydrogens is 400 g/mol. The molecule has 32 heavy (non-hydrogen) atoms. The van der Waals surface area contributed by atoms with Crippen molar-refractivity contribution in [2.24, 2.45) is 0 Å². The zero-order valence-corrected chi connectivity index (χ0v) is 18.4. The molecule has 1 aliphatic rings. The Bertz CT molecular complexity index is 994. The van der Waals surface area contributed by atoms with Gasteiger partial charge in [-0.2, -0.15) is 0 Å². The fraction of sp³-hybridized carbons (Fsp3) is 0.296. The number of methoxy groups -OCH3 is 1. The third-order valence-corrected chi connectivity index (χ3v) is 5.96. The van der Waals surface area contributed by atoms with Crippen molar-refractivity contribution in [3.05, 3.63) is 102 Å². The number of ether oxygens (including phenoxy) is 2. The molecule has 5 nitrogen and oxygen atoms in total. The first kappa shape index (κ1) is 21.9. The Morgan fingerprint density at radius 2 is 1.66 bits per heavy atom. The second-order valence-corrected chi connectivity index (χ2v) is 8.03. The average Bonchev–Trinajstić information content (AvgIpc) is 2.87. The molecule has 1 saturated heterocycles. The van der Waals surface area contributed by atoms with Gasteiger partial charge in [-0.05, 0) is 30.0 Å². The molecule has 3 aromatic carbocycles. The van der Waals surface area contributed by atoms with Gasteiger partial charge in [0, 0.05) is 24.7 Å². The molecule has 0 aromatic heterocycles. The van der Waals surface area contributed by atoms with Crippen LogP contribution in [-0.2, 0) is 17.9 Å². The molecule has 166 valence electrons.